The number of Topliss-reactive ketones (excluding diaryl/α,β-unsaturated/α-hetero) is 1. The number of para-hydroxylation sites is 1. The number of hydrogen-bond donors (Lipinski definition) is 0. The van der Waals surface area contributed by atoms with Gasteiger partial charge in [-0.1, -0.05) is 35.5 Å². The highest BCUT2D eigenvalue weighted by Gasteiger charge is 2.09. The fourth-order valence-corrected chi connectivity index (χ4v) is 3.02. The molecule has 98 valence electrons. The van der Waals surface area contributed by atoms with E-state index < -0.39 is 0 Å². The molecule has 19 heavy (non-hydrogen) atoms. The van der Waals surface area contributed by atoms with Gasteiger partial charge in [0.15, 0.2) is 5.78 Å². The zero-order chi connectivity index (χ0) is 13.8. The van der Waals surface area contributed by atoms with E-state index in [1.165, 1.54) is 6.92 Å². The van der Waals surface area contributed by atoms with Crippen LogP contribution < -0.4 is 4.74 Å². The summed E-state index contributed by atoms with van der Waals surface area (Å²) in [7, 11) is 1.64. The minimum atomic E-state index is -0.0289. The molecule has 0 N–H and O–H groups in total. The summed E-state index contributed by atoms with van der Waals surface area (Å²) in [6.45, 7) is 1.51. The Bertz CT molecular complexity index is 611. The van der Waals surface area contributed by atoms with E-state index in [0.29, 0.717) is 10.6 Å². The largest absolute Gasteiger partial charge is 0.496 e. The lowest BCUT2D eigenvalue weighted by Gasteiger charge is -2.08. The monoisotopic (exact) mass is 292 g/mol. The average Bonchev–Trinajstić information content (AvgIpc) is 2.39. The summed E-state index contributed by atoms with van der Waals surface area (Å²) in [6, 6.07) is 13.2. The molecule has 2 rings (SSSR count). The molecule has 2 nitrogen and oxygen atoms in total. The van der Waals surface area contributed by atoms with Gasteiger partial charge in [0, 0.05) is 10.5 Å². The Morgan fingerprint density at radius 2 is 1.95 bits per heavy atom. The fraction of sp³-hybridized carbons (Fsp3) is 0.133. The van der Waals surface area contributed by atoms with Crippen molar-refractivity contribution in [1.82, 2.24) is 0 Å². The fourth-order valence-electron chi connectivity index (χ4n) is 1.67. The van der Waals surface area contributed by atoms with Crippen molar-refractivity contribution in [2.24, 2.45) is 0 Å². The number of ether oxygens (including phenoxy) is 1. The molecule has 0 saturated heterocycles. The lowest BCUT2D eigenvalue weighted by Crippen LogP contribution is -1.93. The first-order valence-corrected chi connectivity index (χ1v) is 6.92. The van der Waals surface area contributed by atoms with Crippen LogP contribution in [-0.2, 0) is 0 Å². The molecular formula is C15H13ClO2S. The standard InChI is InChI=1S/C15H13ClO2S/c1-10(17)12-8-7-11(9-13(12)16)19-15-6-4-3-5-14(15)18-2/h3-9H,1-2H3. The van der Waals surface area contributed by atoms with Crippen LogP contribution in [0.25, 0.3) is 0 Å². The first kappa shape index (κ1) is 14.0. The summed E-state index contributed by atoms with van der Waals surface area (Å²) in [5.41, 5.74) is 0.547. The van der Waals surface area contributed by atoms with Gasteiger partial charge in [-0.15, -0.1) is 0 Å². The van der Waals surface area contributed by atoms with Crippen molar-refractivity contribution >= 4 is 29.1 Å². The van der Waals surface area contributed by atoms with Gasteiger partial charge in [0.1, 0.15) is 5.75 Å². The van der Waals surface area contributed by atoms with Gasteiger partial charge in [0.05, 0.1) is 17.0 Å². The van der Waals surface area contributed by atoms with Crippen LogP contribution in [0.3, 0.4) is 0 Å². The lowest BCUT2D eigenvalue weighted by molar-refractivity contribution is 0.101. The van der Waals surface area contributed by atoms with Gasteiger partial charge < -0.3 is 4.74 Å². The maximum absolute atomic E-state index is 11.3. The Morgan fingerprint density at radius 3 is 2.58 bits per heavy atom. The number of halogens is 1. The summed E-state index contributed by atoms with van der Waals surface area (Å²) >= 11 is 7.65. The Kier molecular flexibility index (Phi) is 4.51. The zero-order valence-electron chi connectivity index (χ0n) is 10.6. The molecule has 0 amide bonds. The number of benzene rings is 2. The molecule has 0 unspecified atom stereocenters. The molecule has 2 aromatic rings. The third-order valence-electron chi connectivity index (χ3n) is 2.62. The van der Waals surface area contributed by atoms with Crippen molar-refractivity contribution in [2.45, 2.75) is 16.7 Å². The number of carbonyl (C=O) groups excluding carboxylic acids is 1. The van der Waals surface area contributed by atoms with Crippen LogP contribution in [0.4, 0.5) is 0 Å². The first-order valence-electron chi connectivity index (χ1n) is 5.73. The van der Waals surface area contributed by atoms with Crippen molar-refractivity contribution in [1.29, 1.82) is 0 Å². The van der Waals surface area contributed by atoms with E-state index in [1.54, 1.807) is 31.0 Å². The van der Waals surface area contributed by atoms with Gasteiger partial charge in [0.25, 0.3) is 0 Å². The predicted octanol–water partition coefficient (Wildman–Crippen LogP) is 4.70. The molecule has 0 fully saturated rings. The normalized spacial score (nSPS) is 10.3. The molecule has 0 bridgehead atoms. The van der Waals surface area contributed by atoms with Gasteiger partial charge in [-0.05, 0) is 37.3 Å². The first-order chi connectivity index (χ1) is 9.11. The Balaban J connectivity index is 2.29. The Morgan fingerprint density at radius 1 is 1.21 bits per heavy atom. The molecule has 2 aromatic carbocycles. The minimum Gasteiger partial charge on any atom is -0.496 e. The van der Waals surface area contributed by atoms with Gasteiger partial charge >= 0.3 is 0 Å². The number of hydrogen-bond acceptors (Lipinski definition) is 3. The van der Waals surface area contributed by atoms with Crippen molar-refractivity contribution < 1.29 is 9.53 Å². The molecule has 0 heterocycles. The van der Waals surface area contributed by atoms with Crippen LogP contribution in [0.5, 0.6) is 5.75 Å². The van der Waals surface area contributed by atoms with Gasteiger partial charge in [0.2, 0.25) is 0 Å². The van der Waals surface area contributed by atoms with Crippen LogP contribution in [0.15, 0.2) is 52.3 Å². The molecule has 0 aromatic heterocycles. The highest BCUT2D eigenvalue weighted by atomic mass is 35.5. The number of methoxy groups -OCH3 is 1. The van der Waals surface area contributed by atoms with Gasteiger partial charge in [-0.2, -0.15) is 0 Å². The molecule has 0 radical (unpaired) electrons. The highest BCUT2D eigenvalue weighted by molar-refractivity contribution is 7.99. The van der Waals surface area contributed by atoms with Crippen molar-refractivity contribution in [3.8, 4) is 5.75 Å². The molecule has 0 saturated carbocycles. The van der Waals surface area contributed by atoms with E-state index in [4.69, 9.17) is 16.3 Å². The van der Waals surface area contributed by atoms with Crippen molar-refractivity contribution in [3.63, 3.8) is 0 Å². The molecule has 0 aliphatic carbocycles. The molecule has 0 aliphatic heterocycles. The lowest BCUT2D eigenvalue weighted by atomic mass is 10.1. The molecular weight excluding hydrogens is 280 g/mol. The van der Waals surface area contributed by atoms with E-state index in [2.05, 4.69) is 0 Å². The maximum Gasteiger partial charge on any atom is 0.161 e. The Hall–Kier alpha value is -1.45. The van der Waals surface area contributed by atoms with Crippen molar-refractivity contribution in [2.75, 3.05) is 7.11 Å². The second kappa shape index (κ2) is 6.13. The summed E-state index contributed by atoms with van der Waals surface area (Å²) in [5, 5.41) is 0.479. The van der Waals surface area contributed by atoms with Crippen LogP contribution in [-0.4, -0.2) is 12.9 Å². The van der Waals surface area contributed by atoms with Crippen LogP contribution in [0, 0.1) is 0 Å². The van der Waals surface area contributed by atoms with Crippen LogP contribution in [0.1, 0.15) is 17.3 Å². The minimum absolute atomic E-state index is 0.0289. The number of rotatable bonds is 4. The average molecular weight is 293 g/mol. The topological polar surface area (TPSA) is 26.3 Å². The van der Waals surface area contributed by atoms with Crippen LogP contribution in [0.2, 0.25) is 5.02 Å². The van der Waals surface area contributed by atoms with E-state index in [0.717, 1.165) is 15.5 Å². The van der Waals surface area contributed by atoms with Crippen molar-refractivity contribution in [3.05, 3.63) is 53.1 Å². The predicted molar refractivity (Wildman–Crippen MR) is 78.6 cm³/mol. The van der Waals surface area contributed by atoms with E-state index in [9.17, 15) is 4.79 Å². The third kappa shape index (κ3) is 3.31. The summed E-state index contributed by atoms with van der Waals surface area (Å²) in [4.78, 5) is 13.3. The quantitative estimate of drug-likeness (QED) is 0.764. The van der Waals surface area contributed by atoms with Gasteiger partial charge in [-0.3, -0.25) is 4.79 Å². The summed E-state index contributed by atoms with van der Waals surface area (Å²) in [5.74, 6) is 0.790. The second-order valence-corrected chi connectivity index (χ2v) is 5.47. The van der Waals surface area contributed by atoms with E-state index >= 15 is 0 Å². The van der Waals surface area contributed by atoms with E-state index in [1.807, 2.05) is 30.3 Å². The zero-order valence-corrected chi connectivity index (χ0v) is 12.2. The number of ketones is 1. The third-order valence-corrected chi connectivity index (χ3v) is 3.98. The van der Waals surface area contributed by atoms with E-state index in [-0.39, 0.29) is 5.78 Å². The SMILES string of the molecule is COc1ccccc1Sc1ccc(C(C)=O)c(Cl)c1. The highest BCUT2D eigenvalue weighted by Crippen LogP contribution is 2.36. The van der Waals surface area contributed by atoms with Gasteiger partial charge in [-0.25, -0.2) is 0 Å². The van der Waals surface area contributed by atoms with Crippen LogP contribution >= 0.6 is 23.4 Å². The number of carbonyl (C=O) groups is 1. The second-order valence-electron chi connectivity index (χ2n) is 3.95. The Labute approximate surface area is 121 Å². The summed E-state index contributed by atoms with van der Waals surface area (Å²) < 4.78 is 5.30. The molecule has 0 atom stereocenters. The smallest absolute Gasteiger partial charge is 0.161 e. The molecule has 0 aliphatic rings. The molecule has 4 heteroatoms. The molecule has 0 spiro atoms. The maximum atomic E-state index is 11.3. The summed E-state index contributed by atoms with van der Waals surface area (Å²) in [6.07, 6.45) is 0.